The Morgan fingerprint density at radius 2 is 1.55 bits per heavy atom. The fraction of sp³-hybridized carbons (Fsp3) is 1.00. The molecule has 1 aliphatic heterocycles. The average Bonchev–Trinajstić information content (AvgIpc) is 2.94. The molecule has 1 aliphatic rings. The third-order valence-corrected chi connectivity index (χ3v) is 7.60. The molecule has 1 unspecified atom stereocenters. The molecule has 20 heavy (non-hydrogen) atoms. The first kappa shape index (κ1) is 18.1. The topological polar surface area (TPSA) is 30.9 Å². The molecule has 4 nitrogen and oxygen atoms in total. The molecule has 0 aromatic heterocycles. The van der Waals surface area contributed by atoms with E-state index in [0.717, 1.165) is 19.5 Å². The van der Waals surface area contributed by atoms with Crippen LogP contribution in [0.15, 0.2) is 0 Å². The lowest BCUT2D eigenvalue weighted by atomic mass is 10.1. The maximum Gasteiger partial charge on any atom is 0.518 e. The molecule has 1 atom stereocenters. The molecule has 5 heteroatoms. The second-order valence-electron chi connectivity index (χ2n) is 5.68. The molecular weight excluding hydrogens is 270 g/mol. The van der Waals surface area contributed by atoms with Crippen LogP contribution >= 0.6 is 0 Å². The molecule has 0 aliphatic carbocycles. The van der Waals surface area contributed by atoms with Crippen molar-refractivity contribution in [2.24, 2.45) is 0 Å². The molecule has 0 spiro atoms. The fourth-order valence-corrected chi connectivity index (χ4v) is 5.83. The minimum atomic E-state index is -2.50. The van der Waals surface area contributed by atoms with Gasteiger partial charge in [0.05, 0.1) is 5.67 Å². The first-order chi connectivity index (χ1) is 9.74. The van der Waals surface area contributed by atoms with E-state index < -0.39 is 8.80 Å². The lowest BCUT2D eigenvalue weighted by Gasteiger charge is -2.35. The average molecular weight is 304 g/mol. The summed E-state index contributed by atoms with van der Waals surface area (Å²) in [5.74, 6) is 0. The summed E-state index contributed by atoms with van der Waals surface area (Å²) in [5.41, 5.74) is 0.346. The molecule has 0 aromatic rings. The standard InChI is InChI=1S/C15H33NO3Si/c1-5-6-7-8-9-10-13-16-14-11-12-15(16)20(17-2,18-3)19-4/h15H,5-14H2,1-4H3. The van der Waals surface area contributed by atoms with Crippen molar-refractivity contribution in [3.8, 4) is 0 Å². The van der Waals surface area contributed by atoms with Crippen molar-refractivity contribution in [1.82, 2.24) is 4.90 Å². The number of unbranched alkanes of at least 4 members (excludes halogenated alkanes) is 5. The zero-order valence-electron chi connectivity index (χ0n) is 13.8. The summed E-state index contributed by atoms with van der Waals surface area (Å²) < 4.78 is 17.0. The van der Waals surface area contributed by atoms with Crippen LogP contribution in [0.1, 0.15) is 58.3 Å². The molecule has 1 fully saturated rings. The summed E-state index contributed by atoms with van der Waals surface area (Å²) in [6, 6.07) is 0. The van der Waals surface area contributed by atoms with E-state index in [2.05, 4.69) is 11.8 Å². The van der Waals surface area contributed by atoms with Gasteiger partial charge in [0.15, 0.2) is 0 Å². The van der Waals surface area contributed by atoms with Gasteiger partial charge in [0.25, 0.3) is 0 Å². The van der Waals surface area contributed by atoms with Gasteiger partial charge in [-0.15, -0.1) is 0 Å². The molecule has 120 valence electrons. The molecule has 0 aromatic carbocycles. The van der Waals surface area contributed by atoms with Crippen molar-refractivity contribution >= 4 is 8.80 Å². The van der Waals surface area contributed by atoms with Gasteiger partial charge in [0.2, 0.25) is 0 Å². The SMILES string of the molecule is CCCCCCCCN1CCCC1[Si](OC)(OC)OC. The lowest BCUT2D eigenvalue weighted by molar-refractivity contribution is 0.0853. The predicted octanol–water partition coefficient (Wildman–Crippen LogP) is 3.23. The van der Waals surface area contributed by atoms with Crippen LogP contribution in [0.25, 0.3) is 0 Å². The first-order valence-corrected chi connectivity index (χ1v) is 9.93. The van der Waals surface area contributed by atoms with Crippen molar-refractivity contribution in [2.45, 2.75) is 64.0 Å². The van der Waals surface area contributed by atoms with Crippen molar-refractivity contribution < 1.29 is 13.3 Å². The molecule has 0 bridgehead atoms. The van der Waals surface area contributed by atoms with Crippen LogP contribution < -0.4 is 0 Å². The van der Waals surface area contributed by atoms with E-state index in [1.807, 2.05) is 0 Å². The van der Waals surface area contributed by atoms with Crippen LogP contribution in [0, 0.1) is 0 Å². The van der Waals surface area contributed by atoms with Gasteiger partial charge in [-0.2, -0.15) is 0 Å². The summed E-state index contributed by atoms with van der Waals surface area (Å²) in [6.07, 6.45) is 10.4. The number of hydrogen-bond donors (Lipinski definition) is 0. The zero-order chi connectivity index (χ0) is 14.8. The summed E-state index contributed by atoms with van der Waals surface area (Å²) >= 11 is 0. The van der Waals surface area contributed by atoms with Crippen LogP contribution in [0.3, 0.4) is 0 Å². The van der Waals surface area contributed by atoms with Gasteiger partial charge < -0.3 is 13.3 Å². The van der Waals surface area contributed by atoms with Crippen LogP contribution in [0.2, 0.25) is 0 Å². The summed E-state index contributed by atoms with van der Waals surface area (Å²) in [5, 5.41) is 0. The normalized spacial score (nSPS) is 20.7. The van der Waals surface area contributed by atoms with Gasteiger partial charge in [-0.1, -0.05) is 39.0 Å². The second kappa shape index (κ2) is 9.90. The van der Waals surface area contributed by atoms with E-state index in [1.165, 1.54) is 44.9 Å². The highest BCUT2D eigenvalue weighted by Gasteiger charge is 2.51. The molecule has 0 N–H and O–H groups in total. The van der Waals surface area contributed by atoms with Crippen molar-refractivity contribution in [1.29, 1.82) is 0 Å². The highest BCUT2D eigenvalue weighted by atomic mass is 28.4. The quantitative estimate of drug-likeness (QED) is 0.433. The summed E-state index contributed by atoms with van der Waals surface area (Å²) in [4.78, 5) is 2.53. The van der Waals surface area contributed by atoms with Crippen LogP contribution in [0.4, 0.5) is 0 Å². The maximum absolute atomic E-state index is 5.66. The molecule has 0 saturated carbocycles. The highest BCUT2D eigenvalue weighted by Crippen LogP contribution is 2.27. The highest BCUT2D eigenvalue weighted by molar-refractivity contribution is 6.62. The monoisotopic (exact) mass is 303 g/mol. The van der Waals surface area contributed by atoms with Crippen molar-refractivity contribution in [3.63, 3.8) is 0 Å². The number of hydrogen-bond acceptors (Lipinski definition) is 4. The smallest absolute Gasteiger partial charge is 0.376 e. The molecule has 0 amide bonds. The van der Waals surface area contributed by atoms with Gasteiger partial charge in [-0.05, 0) is 32.4 Å². The number of likely N-dealkylation sites (tertiary alicyclic amines) is 1. The van der Waals surface area contributed by atoms with Gasteiger partial charge in [-0.3, -0.25) is 4.90 Å². The van der Waals surface area contributed by atoms with Crippen LogP contribution in [-0.4, -0.2) is 53.8 Å². The van der Waals surface area contributed by atoms with E-state index in [4.69, 9.17) is 13.3 Å². The third-order valence-electron chi connectivity index (χ3n) is 4.42. The van der Waals surface area contributed by atoms with Gasteiger partial charge in [-0.25, -0.2) is 0 Å². The summed E-state index contributed by atoms with van der Waals surface area (Å²) in [6.45, 7) is 4.57. The Kier molecular flexibility index (Phi) is 8.96. The van der Waals surface area contributed by atoms with Crippen molar-refractivity contribution in [2.75, 3.05) is 34.4 Å². The van der Waals surface area contributed by atoms with Crippen LogP contribution in [-0.2, 0) is 13.3 Å². The van der Waals surface area contributed by atoms with Gasteiger partial charge in [0.1, 0.15) is 0 Å². The Morgan fingerprint density at radius 1 is 0.950 bits per heavy atom. The van der Waals surface area contributed by atoms with Gasteiger partial charge in [0, 0.05) is 21.3 Å². The minimum absolute atomic E-state index is 0.346. The fourth-order valence-electron chi connectivity index (χ4n) is 3.25. The first-order valence-electron chi connectivity index (χ1n) is 8.13. The second-order valence-corrected chi connectivity index (χ2v) is 8.78. The van der Waals surface area contributed by atoms with Crippen LogP contribution in [0.5, 0.6) is 0 Å². The Bertz CT molecular complexity index is 241. The van der Waals surface area contributed by atoms with E-state index in [1.54, 1.807) is 21.3 Å². The Hall–Kier alpha value is 0.0569. The largest absolute Gasteiger partial charge is 0.518 e. The van der Waals surface area contributed by atoms with Gasteiger partial charge >= 0.3 is 8.80 Å². The Morgan fingerprint density at radius 3 is 2.15 bits per heavy atom. The third kappa shape index (κ3) is 4.81. The molecule has 1 rings (SSSR count). The Balaban J connectivity index is 2.37. The number of nitrogens with zero attached hydrogens (tertiary/aromatic N) is 1. The lowest BCUT2D eigenvalue weighted by Crippen LogP contribution is -2.59. The minimum Gasteiger partial charge on any atom is -0.376 e. The summed E-state index contributed by atoms with van der Waals surface area (Å²) in [7, 11) is 2.67. The van der Waals surface area contributed by atoms with E-state index in [0.29, 0.717) is 5.67 Å². The van der Waals surface area contributed by atoms with E-state index >= 15 is 0 Å². The van der Waals surface area contributed by atoms with E-state index in [9.17, 15) is 0 Å². The molecule has 0 radical (unpaired) electrons. The predicted molar refractivity (Wildman–Crippen MR) is 84.8 cm³/mol. The number of rotatable bonds is 11. The van der Waals surface area contributed by atoms with Crippen molar-refractivity contribution in [3.05, 3.63) is 0 Å². The van der Waals surface area contributed by atoms with E-state index in [-0.39, 0.29) is 0 Å². The molecule has 1 heterocycles. The molecular formula is C15H33NO3Si. The Labute approximate surface area is 126 Å². The maximum atomic E-state index is 5.66. The molecule has 1 saturated heterocycles. The zero-order valence-corrected chi connectivity index (χ0v) is 14.8.